The lowest BCUT2D eigenvalue weighted by atomic mass is 10.0. The molecule has 3 heteroatoms. The predicted molar refractivity (Wildman–Crippen MR) is 72.8 cm³/mol. The van der Waals surface area contributed by atoms with E-state index in [0.29, 0.717) is 0 Å². The Labute approximate surface area is 107 Å². The SMILES string of the molecule is Cc1cc(F)ccc1C(N)CSC1CCCC1. The van der Waals surface area contributed by atoms with Crippen molar-refractivity contribution >= 4 is 11.8 Å². The van der Waals surface area contributed by atoms with Gasteiger partial charge in [0, 0.05) is 17.0 Å². The van der Waals surface area contributed by atoms with Gasteiger partial charge in [-0.15, -0.1) is 0 Å². The maximum atomic E-state index is 13.0. The summed E-state index contributed by atoms with van der Waals surface area (Å²) in [4.78, 5) is 0. The van der Waals surface area contributed by atoms with Crippen LogP contribution in [0.3, 0.4) is 0 Å². The van der Waals surface area contributed by atoms with Crippen LogP contribution in [0.2, 0.25) is 0 Å². The molecule has 0 radical (unpaired) electrons. The van der Waals surface area contributed by atoms with Gasteiger partial charge in [0.2, 0.25) is 0 Å². The Bertz CT molecular complexity index is 374. The van der Waals surface area contributed by atoms with Gasteiger partial charge in [-0.1, -0.05) is 18.9 Å². The number of rotatable bonds is 4. The van der Waals surface area contributed by atoms with Crippen molar-refractivity contribution in [1.29, 1.82) is 0 Å². The quantitative estimate of drug-likeness (QED) is 0.883. The fourth-order valence-electron chi connectivity index (χ4n) is 2.44. The Morgan fingerprint density at radius 2 is 2.12 bits per heavy atom. The Morgan fingerprint density at radius 3 is 2.76 bits per heavy atom. The summed E-state index contributed by atoms with van der Waals surface area (Å²) in [7, 11) is 0. The normalized spacial score (nSPS) is 18.5. The zero-order valence-corrected chi connectivity index (χ0v) is 11.1. The molecule has 0 aliphatic heterocycles. The third-order valence-electron chi connectivity index (χ3n) is 3.45. The van der Waals surface area contributed by atoms with E-state index in [1.807, 2.05) is 24.8 Å². The Hall–Kier alpha value is -0.540. The van der Waals surface area contributed by atoms with Crippen molar-refractivity contribution in [2.75, 3.05) is 5.75 Å². The van der Waals surface area contributed by atoms with Crippen LogP contribution in [0.25, 0.3) is 0 Å². The van der Waals surface area contributed by atoms with E-state index in [0.717, 1.165) is 22.1 Å². The summed E-state index contributed by atoms with van der Waals surface area (Å²) in [6.07, 6.45) is 5.39. The smallest absolute Gasteiger partial charge is 0.123 e. The molecule has 1 aliphatic rings. The molecule has 17 heavy (non-hydrogen) atoms. The molecule has 1 saturated carbocycles. The van der Waals surface area contributed by atoms with Gasteiger partial charge in [0.1, 0.15) is 5.82 Å². The maximum absolute atomic E-state index is 13.0. The van der Waals surface area contributed by atoms with E-state index in [1.54, 1.807) is 6.07 Å². The third kappa shape index (κ3) is 3.46. The number of benzene rings is 1. The van der Waals surface area contributed by atoms with Gasteiger partial charge in [0.15, 0.2) is 0 Å². The minimum atomic E-state index is -0.179. The molecule has 1 aliphatic carbocycles. The van der Waals surface area contributed by atoms with E-state index in [4.69, 9.17) is 5.73 Å². The van der Waals surface area contributed by atoms with Crippen LogP contribution in [0.4, 0.5) is 4.39 Å². The fourth-order valence-corrected chi connectivity index (χ4v) is 3.77. The minimum absolute atomic E-state index is 0.0289. The zero-order chi connectivity index (χ0) is 12.3. The molecule has 94 valence electrons. The molecular formula is C14H20FNS. The van der Waals surface area contributed by atoms with Crippen LogP contribution in [0.5, 0.6) is 0 Å². The fraction of sp³-hybridized carbons (Fsp3) is 0.571. The lowest BCUT2D eigenvalue weighted by molar-refractivity contribution is 0.624. The van der Waals surface area contributed by atoms with Gasteiger partial charge in [-0.2, -0.15) is 11.8 Å². The first kappa shape index (κ1) is 12.9. The van der Waals surface area contributed by atoms with Gasteiger partial charge in [0.05, 0.1) is 0 Å². The molecule has 1 fully saturated rings. The second-order valence-corrected chi connectivity index (χ2v) is 6.18. The number of hydrogen-bond acceptors (Lipinski definition) is 2. The van der Waals surface area contributed by atoms with Crippen molar-refractivity contribution in [2.24, 2.45) is 5.73 Å². The average molecular weight is 253 g/mol. The third-order valence-corrected chi connectivity index (χ3v) is 4.94. The molecule has 1 atom stereocenters. The van der Waals surface area contributed by atoms with Crippen molar-refractivity contribution < 1.29 is 4.39 Å². The first-order valence-electron chi connectivity index (χ1n) is 6.30. The van der Waals surface area contributed by atoms with E-state index < -0.39 is 0 Å². The van der Waals surface area contributed by atoms with E-state index in [-0.39, 0.29) is 11.9 Å². The molecule has 0 heterocycles. The molecule has 2 N–H and O–H groups in total. The molecule has 1 aromatic carbocycles. The van der Waals surface area contributed by atoms with E-state index in [2.05, 4.69) is 0 Å². The second-order valence-electron chi connectivity index (χ2n) is 4.85. The van der Waals surface area contributed by atoms with Crippen molar-refractivity contribution in [3.05, 3.63) is 35.1 Å². The maximum Gasteiger partial charge on any atom is 0.123 e. The average Bonchev–Trinajstić information content (AvgIpc) is 2.78. The topological polar surface area (TPSA) is 26.0 Å². The molecule has 0 amide bonds. The lowest BCUT2D eigenvalue weighted by Gasteiger charge is -2.16. The van der Waals surface area contributed by atoms with Crippen molar-refractivity contribution in [2.45, 2.75) is 43.9 Å². The summed E-state index contributed by atoms with van der Waals surface area (Å²) >= 11 is 1.98. The number of hydrogen-bond donors (Lipinski definition) is 1. The Kier molecular flexibility index (Phi) is 4.46. The van der Waals surface area contributed by atoms with E-state index >= 15 is 0 Å². The largest absolute Gasteiger partial charge is 0.323 e. The molecular weight excluding hydrogens is 233 g/mol. The van der Waals surface area contributed by atoms with Gasteiger partial charge in [-0.05, 0) is 43.0 Å². The van der Waals surface area contributed by atoms with Crippen LogP contribution in [-0.2, 0) is 0 Å². The summed E-state index contributed by atoms with van der Waals surface area (Å²) < 4.78 is 13.0. The first-order chi connectivity index (χ1) is 8.16. The molecule has 0 aromatic heterocycles. The molecule has 1 aromatic rings. The van der Waals surface area contributed by atoms with Gasteiger partial charge < -0.3 is 5.73 Å². The molecule has 0 saturated heterocycles. The van der Waals surface area contributed by atoms with Crippen LogP contribution < -0.4 is 5.73 Å². The summed E-state index contributed by atoms with van der Waals surface area (Å²) in [5.74, 6) is 0.763. The molecule has 1 nitrogen and oxygen atoms in total. The number of thioether (sulfide) groups is 1. The predicted octanol–water partition coefficient (Wildman–Crippen LogP) is 3.81. The number of nitrogens with two attached hydrogens (primary N) is 1. The van der Waals surface area contributed by atoms with Crippen LogP contribution in [0, 0.1) is 12.7 Å². The van der Waals surface area contributed by atoms with E-state index in [9.17, 15) is 4.39 Å². The summed E-state index contributed by atoms with van der Waals surface area (Å²) in [6, 6.07) is 4.92. The van der Waals surface area contributed by atoms with Crippen LogP contribution in [-0.4, -0.2) is 11.0 Å². The first-order valence-corrected chi connectivity index (χ1v) is 7.35. The van der Waals surface area contributed by atoms with Crippen LogP contribution in [0.1, 0.15) is 42.9 Å². The highest BCUT2D eigenvalue weighted by molar-refractivity contribution is 7.99. The minimum Gasteiger partial charge on any atom is -0.323 e. The van der Waals surface area contributed by atoms with Gasteiger partial charge in [-0.25, -0.2) is 4.39 Å². The number of halogens is 1. The van der Waals surface area contributed by atoms with Gasteiger partial charge in [0.25, 0.3) is 0 Å². The monoisotopic (exact) mass is 253 g/mol. The van der Waals surface area contributed by atoms with Gasteiger partial charge in [-0.3, -0.25) is 0 Å². The highest BCUT2D eigenvalue weighted by atomic mass is 32.2. The van der Waals surface area contributed by atoms with Crippen LogP contribution in [0.15, 0.2) is 18.2 Å². The standard InChI is InChI=1S/C14H20FNS/c1-10-8-11(15)6-7-13(10)14(16)9-17-12-4-2-3-5-12/h6-8,12,14H,2-5,9,16H2,1H3. The lowest BCUT2D eigenvalue weighted by Crippen LogP contribution is -2.16. The summed E-state index contributed by atoms with van der Waals surface area (Å²) in [5, 5.41) is 0.793. The second kappa shape index (κ2) is 5.87. The van der Waals surface area contributed by atoms with Gasteiger partial charge >= 0.3 is 0 Å². The van der Waals surface area contributed by atoms with Crippen molar-refractivity contribution in [3.63, 3.8) is 0 Å². The molecule has 0 spiro atoms. The molecule has 2 rings (SSSR count). The Balaban J connectivity index is 1.91. The highest BCUT2D eigenvalue weighted by Crippen LogP contribution is 2.32. The van der Waals surface area contributed by atoms with E-state index in [1.165, 1.54) is 31.7 Å². The Morgan fingerprint density at radius 1 is 1.41 bits per heavy atom. The summed E-state index contributed by atoms with van der Waals surface area (Å²) in [5.41, 5.74) is 8.22. The van der Waals surface area contributed by atoms with Crippen molar-refractivity contribution in [1.82, 2.24) is 0 Å². The summed E-state index contributed by atoms with van der Waals surface area (Å²) in [6.45, 7) is 1.93. The van der Waals surface area contributed by atoms with Crippen LogP contribution >= 0.6 is 11.8 Å². The molecule has 1 unspecified atom stereocenters. The van der Waals surface area contributed by atoms with Crippen molar-refractivity contribution in [3.8, 4) is 0 Å². The number of aryl methyl sites for hydroxylation is 1. The molecule has 0 bridgehead atoms. The highest BCUT2D eigenvalue weighted by Gasteiger charge is 2.17. The zero-order valence-electron chi connectivity index (χ0n) is 10.3.